The van der Waals surface area contributed by atoms with Crippen molar-refractivity contribution in [3.8, 4) is 0 Å². The van der Waals surface area contributed by atoms with Gasteiger partial charge in [0.25, 0.3) is 0 Å². The summed E-state index contributed by atoms with van der Waals surface area (Å²) in [4.78, 5) is 14.9. The summed E-state index contributed by atoms with van der Waals surface area (Å²) >= 11 is 0. The largest absolute Gasteiger partial charge is 0.480 e. The van der Waals surface area contributed by atoms with Crippen LogP contribution in [0.5, 0.6) is 0 Å². The number of carboxylic acids is 1. The highest BCUT2D eigenvalue weighted by molar-refractivity contribution is 5.75. The van der Waals surface area contributed by atoms with Gasteiger partial charge in [0, 0.05) is 12.4 Å². The lowest BCUT2D eigenvalue weighted by Gasteiger charge is -2.06. The number of pyridine rings is 1. The second-order valence-electron chi connectivity index (χ2n) is 3.43. The minimum Gasteiger partial charge on any atom is -0.480 e. The Morgan fingerprint density at radius 3 is 2.93 bits per heavy atom. The van der Waals surface area contributed by atoms with Crippen LogP contribution in [0.15, 0.2) is 24.5 Å². The first-order chi connectivity index (χ1) is 7.08. The van der Waals surface area contributed by atoms with Crippen LogP contribution in [0.25, 0.3) is 5.65 Å². The molecule has 2 aromatic rings. The number of aryl methyl sites for hydroxylation is 1. The number of nitrogens with two attached hydrogens (primary N) is 1. The number of nitrogens with zero attached hydrogens (tertiary/aromatic N) is 2. The maximum absolute atomic E-state index is 10.7. The van der Waals surface area contributed by atoms with Crippen molar-refractivity contribution >= 4 is 11.6 Å². The lowest BCUT2D eigenvalue weighted by molar-refractivity contribution is -0.138. The third-order valence-electron chi connectivity index (χ3n) is 2.22. The van der Waals surface area contributed by atoms with E-state index >= 15 is 0 Å². The van der Waals surface area contributed by atoms with E-state index in [1.807, 2.05) is 13.1 Å². The normalized spacial score (nSPS) is 12.9. The van der Waals surface area contributed by atoms with Crippen LogP contribution in [0, 0.1) is 6.92 Å². The summed E-state index contributed by atoms with van der Waals surface area (Å²) in [5, 5.41) is 8.76. The van der Waals surface area contributed by atoms with Gasteiger partial charge in [0.15, 0.2) is 0 Å². The topological polar surface area (TPSA) is 80.6 Å². The van der Waals surface area contributed by atoms with E-state index in [1.54, 1.807) is 22.7 Å². The number of rotatable bonds is 2. The molecule has 0 amide bonds. The zero-order valence-electron chi connectivity index (χ0n) is 8.21. The molecule has 0 aliphatic heterocycles. The van der Waals surface area contributed by atoms with Gasteiger partial charge in [-0.25, -0.2) is 4.98 Å². The summed E-state index contributed by atoms with van der Waals surface area (Å²) in [7, 11) is 0. The van der Waals surface area contributed by atoms with E-state index in [2.05, 4.69) is 4.98 Å². The molecular weight excluding hydrogens is 194 g/mol. The van der Waals surface area contributed by atoms with E-state index in [9.17, 15) is 4.79 Å². The summed E-state index contributed by atoms with van der Waals surface area (Å²) < 4.78 is 1.77. The highest BCUT2D eigenvalue weighted by Crippen LogP contribution is 2.12. The number of aliphatic carboxylic acids is 1. The van der Waals surface area contributed by atoms with Gasteiger partial charge in [-0.15, -0.1) is 0 Å². The van der Waals surface area contributed by atoms with E-state index in [4.69, 9.17) is 10.8 Å². The first-order valence-corrected chi connectivity index (χ1v) is 4.51. The minimum atomic E-state index is -1.04. The van der Waals surface area contributed by atoms with Crippen LogP contribution in [-0.4, -0.2) is 20.5 Å². The number of hydrogen-bond donors (Lipinski definition) is 2. The number of carboxylic acid groups (broad SMARTS) is 1. The molecule has 0 saturated heterocycles. The zero-order chi connectivity index (χ0) is 11.0. The van der Waals surface area contributed by atoms with E-state index in [0.717, 1.165) is 11.3 Å². The average Bonchev–Trinajstić information content (AvgIpc) is 2.55. The van der Waals surface area contributed by atoms with Gasteiger partial charge in [0.05, 0.1) is 5.69 Å². The molecule has 5 heteroatoms. The smallest absolute Gasteiger partial charge is 0.325 e. The van der Waals surface area contributed by atoms with Crippen molar-refractivity contribution in [3.63, 3.8) is 0 Å². The number of carbonyl (C=O) groups is 1. The fraction of sp³-hybridized carbons (Fsp3) is 0.200. The van der Waals surface area contributed by atoms with Gasteiger partial charge < -0.3 is 15.2 Å². The Labute approximate surface area is 86.2 Å². The van der Waals surface area contributed by atoms with Crippen LogP contribution in [0.1, 0.15) is 17.3 Å². The second-order valence-corrected chi connectivity index (χ2v) is 3.43. The van der Waals surface area contributed by atoms with Crippen LogP contribution in [-0.2, 0) is 4.79 Å². The molecule has 0 aliphatic carbocycles. The monoisotopic (exact) mass is 205 g/mol. The summed E-state index contributed by atoms with van der Waals surface area (Å²) in [6, 6.07) is 2.45. The molecule has 0 radical (unpaired) electrons. The number of aromatic nitrogens is 2. The van der Waals surface area contributed by atoms with Crippen LogP contribution < -0.4 is 5.73 Å². The Kier molecular flexibility index (Phi) is 2.17. The first kappa shape index (κ1) is 9.67. The van der Waals surface area contributed by atoms with Crippen molar-refractivity contribution in [2.45, 2.75) is 13.0 Å². The molecule has 3 N–H and O–H groups in total. The van der Waals surface area contributed by atoms with Crippen LogP contribution >= 0.6 is 0 Å². The van der Waals surface area contributed by atoms with Crippen LogP contribution in [0.3, 0.4) is 0 Å². The van der Waals surface area contributed by atoms with E-state index in [1.165, 1.54) is 0 Å². The molecule has 2 heterocycles. The Morgan fingerprint density at radius 2 is 2.27 bits per heavy atom. The third-order valence-corrected chi connectivity index (χ3v) is 2.22. The molecule has 0 bridgehead atoms. The average molecular weight is 205 g/mol. The quantitative estimate of drug-likeness (QED) is 0.757. The number of imidazole rings is 1. The highest BCUT2D eigenvalue weighted by atomic mass is 16.4. The summed E-state index contributed by atoms with van der Waals surface area (Å²) in [6.07, 6.45) is 3.52. The maximum atomic E-state index is 10.7. The molecule has 0 fully saturated rings. The molecular formula is C10H11N3O2. The van der Waals surface area contributed by atoms with Crippen LogP contribution in [0.2, 0.25) is 0 Å². The molecule has 5 nitrogen and oxygen atoms in total. The predicted octanol–water partition coefficient (Wildman–Crippen LogP) is 0.727. The van der Waals surface area contributed by atoms with Gasteiger partial charge in [0.2, 0.25) is 0 Å². The molecule has 0 spiro atoms. The Morgan fingerprint density at radius 1 is 1.53 bits per heavy atom. The Hall–Kier alpha value is -1.88. The molecule has 0 aromatic carbocycles. The molecule has 15 heavy (non-hydrogen) atoms. The molecule has 1 unspecified atom stereocenters. The van der Waals surface area contributed by atoms with Crippen LogP contribution in [0.4, 0.5) is 0 Å². The lowest BCUT2D eigenvalue weighted by Crippen LogP contribution is -2.20. The molecule has 78 valence electrons. The van der Waals surface area contributed by atoms with Gasteiger partial charge in [0.1, 0.15) is 11.7 Å². The standard InChI is InChI=1S/C10H11N3O2/c1-6-4-13-5-7(9(11)10(14)15)2-3-8(13)12-6/h2-5,9H,11H2,1H3,(H,14,15). The Bertz CT molecular complexity index is 518. The highest BCUT2D eigenvalue weighted by Gasteiger charge is 2.14. The maximum Gasteiger partial charge on any atom is 0.325 e. The lowest BCUT2D eigenvalue weighted by atomic mass is 10.1. The predicted molar refractivity (Wildman–Crippen MR) is 54.5 cm³/mol. The minimum absolute atomic E-state index is 0.562. The summed E-state index contributed by atoms with van der Waals surface area (Å²) in [5.41, 5.74) is 7.74. The van der Waals surface area contributed by atoms with Gasteiger partial charge in [-0.05, 0) is 18.6 Å². The van der Waals surface area contributed by atoms with Crippen molar-refractivity contribution in [2.24, 2.45) is 5.73 Å². The van der Waals surface area contributed by atoms with Gasteiger partial charge in [-0.2, -0.15) is 0 Å². The number of hydrogen-bond acceptors (Lipinski definition) is 3. The Balaban J connectivity index is 2.50. The van der Waals surface area contributed by atoms with Gasteiger partial charge >= 0.3 is 5.97 Å². The second kappa shape index (κ2) is 3.36. The van der Waals surface area contributed by atoms with Crippen molar-refractivity contribution < 1.29 is 9.90 Å². The first-order valence-electron chi connectivity index (χ1n) is 4.51. The summed E-state index contributed by atoms with van der Waals surface area (Å²) in [5.74, 6) is -1.04. The third kappa shape index (κ3) is 1.69. The van der Waals surface area contributed by atoms with Crippen molar-refractivity contribution in [3.05, 3.63) is 35.8 Å². The van der Waals surface area contributed by atoms with E-state index in [0.29, 0.717) is 5.56 Å². The van der Waals surface area contributed by atoms with Gasteiger partial charge in [-0.3, -0.25) is 4.79 Å². The SMILES string of the molecule is Cc1cn2cc(C(N)C(=O)O)ccc2n1. The van der Waals surface area contributed by atoms with Crippen molar-refractivity contribution in [1.29, 1.82) is 0 Å². The summed E-state index contributed by atoms with van der Waals surface area (Å²) in [6.45, 7) is 1.88. The molecule has 2 rings (SSSR count). The van der Waals surface area contributed by atoms with Crippen molar-refractivity contribution in [1.82, 2.24) is 9.38 Å². The molecule has 1 atom stereocenters. The zero-order valence-corrected chi connectivity index (χ0v) is 8.21. The van der Waals surface area contributed by atoms with E-state index in [-0.39, 0.29) is 0 Å². The van der Waals surface area contributed by atoms with Gasteiger partial charge in [-0.1, -0.05) is 6.07 Å². The molecule has 0 saturated carbocycles. The molecule has 2 aromatic heterocycles. The molecule has 0 aliphatic rings. The fourth-order valence-corrected chi connectivity index (χ4v) is 1.46. The van der Waals surface area contributed by atoms with E-state index < -0.39 is 12.0 Å². The van der Waals surface area contributed by atoms with Crippen molar-refractivity contribution in [2.75, 3.05) is 0 Å². The number of fused-ring (bicyclic) bond motifs is 1. The fourth-order valence-electron chi connectivity index (χ4n) is 1.46.